The van der Waals surface area contributed by atoms with Crippen LogP contribution in [0.25, 0.3) is 0 Å². The molecule has 0 bridgehead atoms. The van der Waals surface area contributed by atoms with E-state index in [0.717, 1.165) is 43.6 Å². The maximum atomic E-state index is 12.8. The number of carbonyl (C=O) groups is 3. The number of amides is 3. The number of benzene rings is 1. The number of rotatable bonds is 5. The SMILES string of the molecule is NCCC1(O)CCN(Cc2ccc3c(c2)CN(C2CCC(=O)NC2=O)C3=O)CC1. The van der Waals surface area contributed by atoms with Crippen LogP contribution >= 0.6 is 0 Å². The fraction of sp³-hybridized carbons (Fsp3) is 0.571. The molecule has 0 saturated carbocycles. The zero-order valence-corrected chi connectivity index (χ0v) is 16.5. The average molecular weight is 400 g/mol. The van der Waals surface area contributed by atoms with Crippen molar-refractivity contribution in [1.29, 1.82) is 0 Å². The first-order valence-electron chi connectivity index (χ1n) is 10.3. The summed E-state index contributed by atoms with van der Waals surface area (Å²) in [5.74, 6) is -0.815. The van der Waals surface area contributed by atoms with E-state index in [1.165, 1.54) is 0 Å². The molecule has 0 spiro atoms. The highest BCUT2D eigenvalue weighted by molar-refractivity contribution is 6.05. The molecular formula is C21H28N4O4. The van der Waals surface area contributed by atoms with Crippen molar-refractivity contribution in [3.63, 3.8) is 0 Å². The predicted molar refractivity (Wildman–Crippen MR) is 106 cm³/mol. The van der Waals surface area contributed by atoms with Gasteiger partial charge in [0.25, 0.3) is 5.91 Å². The highest BCUT2D eigenvalue weighted by Gasteiger charge is 2.39. The number of piperidine rings is 2. The quantitative estimate of drug-likeness (QED) is 0.605. The van der Waals surface area contributed by atoms with E-state index in [-0.39, 0.29) is 24.1 Å². The van der Waals surface area contributed by atoms with Gasteiger partial charge in [-0.2, -0.15) is 0 Å². The number of nitrogens with zero attached hydrogens (tertiary/aromatic N) is 2. The molecule has 0 aliphatic carbocycles. The standard InChI is InChI=1S/C21H28N4O4/c22-8-5-21(29)6-9-24(10-7-21)12-14-1-2-16-15(11-14)13-25(20(16)28)17-3-4-18(26)23-19(17)27/h1-2,11,17,29H,3-10,12-13,22H2,(H,23,26,27). The number of imide groups is 1. The van der Waals surface area contributed by atoms with Crippen molar-refractivity contribution in [2.75, 3.05) is 19.6 Å². The Morgan fingerprint density at radius 3 is 2.66 bits per heavy atom. The van der Waals surface area contributed by atoms with Gasteiger partial charge in [-0.05, 0) is 49.4 Å². The molecule has 1 aromatic rings. The molecule has 1 unspecified atom stereocenters. The summed E-state index contributed by atoms with van der Waals surface area (Å²) in [5.41, 5.74) is 7.63. The van der Waals surface area contributed by atoms with Gasteiger partial charge < -0.3 is 15.7 Å². The van der Waals surface area contributed by atoms with Crippen molar-refractivity contribution < 1.29 is 19.5 Å². The van der Waals surface area contributed by atoms with Crippen molar-refractivity contribution in [1.82, 2.24) is 15.1 Å². The van der Waals surface area contributed by atoms with Gasteiger partial charge in [0.15, 0.2) is 0 Å². The first-order valence-corrected chi connectivity index (χ1v) is 10.3. The summed E-state index contributed by atoms with van der Waals surface area (Å²) in [4.78, 5) is 40.2. The number of nitrogens with two attached hydrogens (primary N) is 1. The molecule has 3 amide bonds. The normalized spacial score (nSPS) is 24.6. The molecule has 8 heteroatoms. The molecule has 1 atom stereocenters. The van der Waals surface area contributed by atoms with Gasteiger partial charge in [0.1, 0.15) is 6.04 Å². The number of hydrogen-bond acceptors (Lipinski definition) is 6. The van der Waals surface area contributed by atoms with Gasteiger partial charge in [-0.1, -0.05) is 12.1 Å². The fourth-order valence-corrected chi connectivity index (χ4v) is 4.63. The third kappa shape index (κ3) is 4.05. The van der Waals surface area contributed by atoms with Crippen LogP contribution < -0.4 is 11.1 Å². The molecular weight excluding hydrogens is 372 g/mol. The Balaban J connectivity index is 1.40. The lowest BCUT2D eigenvalue weighted by Gasteiger charge is -2.38. The molecule has 0 radical (unpaired) electrons. The second-order valence-corrected chi connectivity index (χ2v) is 8.43. The van der Waals surface area contributed by atoms with Gasteiger partial charge >= 0.3 is 0 Å². The van der Waals surface area contributed by atoms with Gasteiger partial charge in [-0.3, -0.25) is 24.6 Å². The van der Waals surface area contributed by atoms with Crippen molar-refractivity contribution in [2.45, 2.75) is 56.8 Å². The predicted octanol–water partition coefficient (Wildman–Crippen LogP) is 0.123. The minimum absolute atomic E-state index is 0.147. The van der Waals surface area contributed by atoms with Crippen molar-refractivity contribution in [2.24, 2.45) is 5.73 Å². The molecule has 4 N–H and O–H groups in total. The summed E-state index contributed by atoms with van der Waals surface area (Å²) in [6.45, 7) is 3.28. The lowest BCUT2D eigenvalue weighted by Crippen LogP contribution is -2.52. The van der Waals surface area contributed by atoms with Crippen LogP contribution in [0.2, 0.25) is 0 Å². The molecule has 29 heavy (non-hydrogen) atoms. The number of nitrogens with one attached hydrogen (secondary N) is 1. The van der Waals surface area contributed by atoms with Crippen LogP contribution in [0.5, 0.6) is 0 Å². The molecule has 3 aliphatic rings. The topological polar surface area (TPSA) is 116 Å². The van der Waals surface area contributed by atoms with Gasteiger partial charge in [-0.15, -0.1) is 0 Å². The maximum absolute atomic E-state index is 12.8. The van der Waals surface area contributed by atoms with Gasteiger partial charge in [0.05, 0.1) is 5.60 Å². The van der Waals surface area contributed by atoms with Crippen molar-refractivity contribution in [3.8, 4) is 0 Å². The van der Waals surface area contributed by atoms with E-state index in [4.69, 9.17) is 5.73 Å². The van der Waals surface area contributed by atoms with Crippen LogP contribution in [0.3, 0.4) is 0 Å². The third-order valence-electron chi connectivity index (χ3n) is 6.39. The minimum atomic E-state index is -0.641. The van der Waals surface area contributed by atoms with E-state index in [2.05, 4.69) is 10.2 Å². The average Bonchev–Trinajstić information content (AvgIpc) is 3.00. The second-order valence-electron chi connectivity index (χ2n) is 8.43. The van der Waals surface area contributed by atoms with Crippen LogP contribution in [0.1, 0.15) is 53.6 Å². The van der Waals surface area contributed by atoms with Crippen LogP contribution in [-0.2, 0) is 22.7 Å². The maximum Gasteiger partial charge on any atom is 0.255 e. The summed E-state index contributed by atoms with van der Waals surface area (Å²) in [7, 11) is 0. The molecule has 2 saturated heterocycles. The molecule has 3 aliphatic heterocycles. The first kappa shape index (κ1) is 20.0. The molecule has 156 valence electrons. The highest BCUT2D eigenvalue weighted by Crippen LogP contribution is 2.30. The summed E-state index contributed by atoms with van der Waals surface area (Å²) in [6.07, 6.45) is 2.70. The molecule has 8 nitrogen and oxygen atoms in total. The van der Waals surface area contributed by atoms with Crippen molar-refractivity contribution in [3.05, 3.63) is 34.9 Å². The second kappa shape index (κ2) is 7.85. The Labute approximate surface area is 170 Å². The Bertz CT molecular complexity index is 832. The molecule has 0 aromatic heterocycles. The van der Waals surface area contributed by atoms with E-state index in [0.29, 0.717) is 31.5 Å². The Kier molecular flexibility index (Phi) is 5.42. The van der Waals surface area contributed by atoms with Gasteiger partial charge in [-0.25, -0.2) is 0 Å². The van der Waals surface area contributed by atoms with E-state index in [9.17, 15) is 19.5 Å². The fourth-order valence-electron chi connectivity index (χ4n) is 4.63. The van der Waals surface area contributed by atoms with E-state index >= 15 is 0 Å². The zero-order valence-electron chi connectivity index (χ0n) is 16.5. The number of aliphatic hydroxyl groups is 1. The Morgan fingerprint density at radius 2 is 1.97 bits per heavy atom. The molecule has 3 heterocycles. The summed E-state index contributed by atoms with van der Waals surface area (Å²) in [6, 6.07) is 5.26. The number of fused-ring (bicyclic) bond motifs is 1. The van der Waals surface area contributed by atoms with Crippen LogP contribution in [0, 0.1) is 0 Å². The summed E-state index contributed by atoms with van der Waals surface area (Å²) in [5, 5.41) is 12.8. The summed E-state index contributed by atoms with van der Waals surface area (Å²) < 4.78 is 0. The Hall–Kier alpha value is -2.29. The van der Waals surface area contributed by atoms with Crippen LogP contribution in [0.4, 0.5) is 0 Å². The van der Waals surface area contributed by atoms with E-state index in [1.54, 1.807) is 4.90 Å². The zero-order chi connectivity index (χ0) is 20.6. The lowest BCUT2D eigenvalue weighted by molar-refractivity contribution is -0.136. The highest BCUT2D eigenvalue weighted by atomic mass is 16.3. The first-order chi connectivity index (χ1) is 13.9. The minimum Gasteiger partial charge on any atom is -0.390 e. The summed E-state index contributed by atoms with van der Waals surface area (Å²) >= 11 is 0. The smallest absolute Gasteiger partial charge is 0.255 e. The third-order valence-corrected chi connectivity index (χ3v) is 6.39. The molecule has 1 aromatic carbocycles. The van der Waals surface area contributed by atoms with E-state index < -0.39 is 11.6 Å². The van der Waals surface area contributed by atoms with Gasteiger partial charge in [0.2, 0.25) is 11.8 Å². The Morgan fingerprint density at radius 1 is 1.21 bits per heavy atom. The number of carbonyl (C=O) groups excluding carboxylic acids is 3. The van der Waals surface area contributed by atoms with Gasteiger partial charge in [0, 0.05) is 38.2 Å². The largest absolute Gasteiger partial charge is 0.390 e. The monoisotopic (exact) mass is 400 g/mol. The number of likely N-dealkylation sites (tertiary alicyclic amines) is 1. The van der Waals surface area contributed by atoms with Crippen molar-refractivity contribution >= 4 is 17.7 Å². The lowest BCUT2D eigenvalue weighted by atomic mass is 9.88. The van der Waals surface area contributed by atoms with Crippen LogP contribution in [0.15, 0.2) is 18.2 Å². The van der Waals surface area contributed by atoms with E-state index in [1.807, 2.05) is 18.2 Å². The number of hydrogen-bond donors (Lipinski definition) is 3. The molecule has 4 rings (SSSR count). The molecule has 2 fully saturated rings. The van der Waals surface area contributed by atoms with Crippen LogP contribution in [-0.4, -0.2) is 63.9 Å².